The first-order valence-electron chi connectivity index (χ1n) is 6.40. The number of phenolic OH excluding ortho intramolecular Hbond substituents is 1. The molecule has 2 rings (SSSR count). The summed E-state index contributed by atoms with van der Waals surface area (Å²) in [4.78, 5) is 4.39. The van der Waals surface area contributed by atoms with E-state index < -0.39 is 0 Å². The predicted octanol–water partition coefficient (Wildman–Crippen LogP) is 4.43. The smallest absolute Gasteiger partial charge is 0.123 e. The van der Waals surface area contributed by atoms with Gasteiger partial charge in [-0.25, -0.2) is 0 Å². The summed E-state index contributed by atoms with van der Waals surface area (Å²) in [6.45, 7) is 6.15. The number of aliphatic imine (C=N–C) groups is 1. The summed E-state index contributed by atoms with van der Waals surface area (Å²) >= 11 is 0. The summed E-state index contributed by atoms with van der Waals surface area (Å²) in [5, 5.41) is 12.1. The van der Waals surface area contributed by atoms with Crippen LogP contribution < -0.4 is 0 Å². The number of nitrogens with zero attached hydrogens (tertiary/aromatic N) is 1. The van der Waals surface area contributed by atoms with Gasteiger partial charge in [-0.15, -0.1) is 0 Å². The topological polar surface area (TPSA) is 32.6 Å². The molecule has 2 aromatic carbocycles. The highest BCUT2D eigenvalue weighted by Gasteiger charge is 2.04. The van der Waals surface area contributed by atoms with Crippen LogP contribution in [0.1, 0.15) is 26.3 Å². The molecule has 0 saturated heterocycles. The zero-order valence-electron chi connectivity index (χ0n) is 11.6. The van der Waals surface area contributed by atoms with Crippen LogP contribution in [0.5, 0.6) is 5.75 Å². The lowest BCUT2D eigenvalue weighted by molar-refractivity contribution is 0.475. The van der Waals surface area contributed by atoms with E-state index in [1.54, 1.807) is 12.3 Å². The zero-order valence-corrected chi connectivity index (χ0v) is 11.6. The number of aromatic hydroxyl groups is 1. The quantitative estimate of drug-likeness (QED) is 0.789. The van der Waals surface area contributed by atoms with E-state index >= 15 is 0 Å². The van der Waals surface area contributed by atoms with E-state index in [0.29, 0.717) is 5.75 Å². The van der Waals surface area contributed by atoms with Crippen molar-refractivity contribution in [1.82, 2.24) is 0 Å². The number of benzene rings is 2. The molecule has 1 N–H and O–H groups in total. The van der Waals surface area contributed by atoms with E-state index in [4.69, 9.17) is 0 Å². The molecule has 0 spiro atoms. The lowest BCUT2D eigenvalue weighted by Gasteiger charge is -2.09. The van der Waals surface area contributed by atoms with Gasteiger partial charge in [-0.2, -0.15) is 0 Å². The van der Waals surface area contributed by atoms with Crippen LogP contribution in [0, 0.1) is 0 Å². The summed E-state index contributed by atoms with van der Waals surface area (Å²) in [6.07, 6.45) is 5.54. The number of fused-ring (bicyclic) bond motifs is 1. The normalized spacial score (nSPS) is 12.8. The minimum absolute atomic E-state index is 0.0782. The van der Waals surface area contributed by atoms with Crippen molar-refractivity contribution in [3.8, 4) is 5.75 Å². The number of phenols is 1. The largest absolute Gasteiger partial charge is 0.507 e. The average molecular weight is 253 g/mol. The van der Waals surface area contributed by atoms with Gasteiger partial charge in [0.05, 0.1) is 5.54 Å². The average Bonchev–Trinajstić information content (AvgIpc) is 2.35. The molecule has 0 amide bonds. The lowest BCUT2D eigenvalue weighted by atomic mass is 10.0. The van der Waals surface area contributed by atoms with E-state index in [-0.39, 0.29) is 5.54 Å². The molecule has 0 saturated carbocycles. The zero-order chi connectivity index (χ0) is 13.9. The van der Waals surface area contributed by atoms with Gasteiger partial charge >= 0.3 is 0 Å². The van der Waals surface area contributed by atoms with E-state index in [9.17, 15) is 5.11 Å². The fraction of sp³-hybridized carbons (Fsp3) is 0.235. The van der Waals surface area contributed by atoms with E-state index in [1.807, 2.05) is 63.3 Å². The third kappa shape index (κ3) is 3.44. The Bertz CT molecular complexity index is 633. The molecule has 2 heteroatoms. The van der Waals surface area contributed by atoms with Gasteiger partial charge in [-0.05, 0) is 49.8 Å². The minimum Gasteiger partial charge on any atom is -0.507 e. The second kappa shape index (κ2) is 5.27. The maximum Gasteiger partial charge on any atom is 0.123 e. The lowest BCUT2D eigenvalue weighted by Crippen LogP contribution is -2.08. The molecule has 0 aliphatic carbocycles. The van der Waals surface area contributed by atoms with Crippen LogP contribution in [-0.2, 0) is 0 Å². The standard InChI is InChI=1S/C17H19NO/c1-17(2,3)18-12-6-9-15-14-8-5-4-7-13(14)10-11-16(15)19/h4-12,19H,1-3H3/b9-6+,18-12?. The summed E-state index contributed by atoms with van der Waals surface area (Å²) in [5.74, 6) is 0.291. The second-order valence-corrected chi connectivity index (χ2v) is 5.53. The van der Waals surface area contributed by atoms with Gasteiger partial charge in [0.1, 0.15) is 5.75 Å². The molecule has 2 nitrogen and oxygen atoms in total. The van der Waals surface area contributed by atoms with E-state index in [1.165, 1.54) is 0 Å². The SMILES string of the molecule is CC(C)(C)N=C/C=C/c1c(O)ccc2ccccc12. The summed E-state index contributed by atoms with van der Waals surface area (Å²) in [5.41, 5.74) is 0.754. The van der Waals surface area contributed by atoms with Crippen LogP contribution >= 0.6 is 0 Å². The number of allylic oxidation sites excluding steroid dienone is 1. The second-order valence-electron chi connectivity index (χ2n) is 5.53. The minimum atomic E-state index is -0.0782. The highest BCUT2D eigenvalue weighted by atomic mass is 16.3. The van der Waals surface area contributed by atoms with Crippen LogP contribution in [0.3, 0.4) is 0 Å². The predicted molar refractivity (Wildman–Crippen MR) is 82.9 cm³/mol. The Hall–Kier alpha value is -2.09. The van der Waals surface area contributed by atoms with Crippen molar-refractivity contribution in [1.29, 1.82) is 0 Å². The van der Waals surface area contributed by atoms with Crippen molar-refractivity contribution < 1.29 is 5.11 Å². The van der Waals surface area contributed by atoms with Crippen molar-refractivity contribution in [2.24, 2.45) is 4.99 Å². The molecule has 0 bridgehead atoms. The third-order valence-corrected chi connectivity index (χ3v) is 2.76. The third-order valence-electron chi connectivity index (χ3n) is 2.76. The van der Waals surface area contributed by atoms with E-state index in [2.05, 4.69) is 4.99 Å². The summed E-state index contributed by atoms with van der Waals surface area (Å²) < 4.78 is 0. The molecule has 19 heavy (non-hydrogen) atoms. The molecular weight excluding hydrogens is 234 g/mol. The van der Waals surface area contributed by atoms with E-state index in [0.717, 1.165) is 16.3 Å². The molecule has 0 aromatic heterocycles. The Morgan fingerprint density at radius 3 is 2.53 bits per heavy atom. The van der Waals surface area contributed by atoms with Crippen molar-refractivity contribution in [2.75, 3.05) is 0 Å². The van der Waals surface area contributed by atoms with Gasteiger partial charge in [0.25, 0.3) is 0 Å². The summed E-state index contributed by atoms with van der Waals surface area (Å²) in [6, 6.07) is 11.7. The fourth-order valence-corrected chi connectivity index (χ4v) is 1.87. The van der Waals surface area contributed by atoms with Crippen LogP contribution in [-0.4, -0.2) is 16.9 Å². The molecule has 0 aliphatic heterocycles. The Kier molecular flexibility index (Phi) is 3.70. The molecule has 0 atom stereocenters. The molecule has 0 unspecified atom stereocenters. The van der Waals surface area contributed by atoms with Gasteiger partial charge in [-0.3, -0.25) is 4.99 Å². The Morgan fingerprint density at radius 1 is 1.05 bits per heavy atom. The highest BCUT2D eigenvalue weighted by molar-refractivity contribution is 5.95. The molecule has 0 radical (unpaired) electrons. The highest BCUT2D eigenvalue weighted by Crippen LogP contribution is 2.28. The van der Waals surface area contributed by atoms with Crippen LogP contribution in [0.15, 0.2) is 47.5 Å². The fourth-order valence-electron chi connectivity index (χ4n) is 1.87. The Balaban J connectivity index is 2.37. The molecule has 0 aliphatic rings. The first kappa shape index (κ1) is 13.3. The van der Waals surface area contributed by atoms with Gasteiger partial charge < -0.3 is 5.11 Å². The number of rotatable bonds is 2. The maximum atomic E-state index is 9.97. The monoisotopic (exact) mass is 253 g/mol. The van der Waals surface area contributed by atoms with Crippen LogP contribution in [0.25, 0.3) is 16.8 Å². The van der Waals surface area contributed by atoms with Crippen LogP contribution in [0.4, 0.5) is 0 Å². The van der Waals surface area contributed by atoms with Gasteiger partial charge in [0.2, 0.25) is 0 Å². The van der Waals surface area contributed by atoms with Crippen molar-refractivity contribution in [2.45, 2.75) is 26.3 Å². The van der Waals surface area contributed by atoms with Crippen molar-refractivity contribution in [3.63, 3.8) is 0 Å². The van der Waals surface area contributed by atoms with Crippen LogP contribution in [0.2, 0.25) is 0 Å². The maximum absolute atomic E-state index is 9.97. The van der Waals surface area contributed by atoms with Gasteiger partial charge in [0, 0.05) is 11.8 Å². The molecule has 98 valence electrons. The molecule has 2 aromatic rings. The molecule has 0 heterocycles. The number of hydrogen-bond donors (Lipinski definition) is 1. The molecule has 0 fully saturated rings. The summed E-state index contributed by atoms with van der Waals surface area (Å²) in [7, 11) is 0. The van der Waals surface area contributed by atoms with Gasteiger partial charge in [0.15, 0.2) is 0 Å². The Labute approximate surface area is 114 Å². The van der Waals surface area contributed by atoms with Crippen molar-refractivity contribution >= 4 is 23.1 Å². The van der Waals surface area contributed by atoms with Crippen molar-refractivity contribution in [3.05, 3.63) is 48.0 Å². The van der Waals surface area contributed by atoms with Gasteiger partial charge in [-0.1, -0.05) is 30.3 Å². The first-order chi connectivity index (χ1) is 8.97. The number of hydrogen-bond acceptors (Lipinski definition) is 2. The Morgan fingerprint density at radius 2 is 1.79 bits per heavy atom. The molecular formula is C17H19NO. The first-order valence-corrected chi connectivity index (χ1v) is 6.40.